The van der Waals surface area contributed by atoms with Crippen LogP contribution >= 0.6 is 0 Å². The standard InChI is InChI=1S/C22H26N2/c1-15(2)17-6-8-18(9-7-17)19-10-12-20(13-11-19)21-14-23-22(16(3)4)24(21)5/h6-16H,1-5H3. The molecule has 2 aromatic carbocycles. The van der Waals surface area contributed by atoms with Gasteiger partial charge in [0.2, 0.25) is 0 Å². The van der Waals surface area contributed by atoms with Crippen molar-refractivity contribution < 1.29 is 0 Å². The third kappa shape index (κ3) is 3.14. The zero-order valence-corrected chi connectivity index (χ0v) is 15.2. The second-order valence-electron chi connectivity index (χ2n) is 7.07. The number of nitrogens with zero attached hydrogens (tertiary/aromatic N) is 2. The maximum Gasteiger partial charge on any atom is 0.111 e. The molecule has 1 heterocycles. The molecule has 0 saturated carbocycles. The zero-order valence-electron chi connectivity index (χ0n) is 15.2. The quantitative estimate of drug-likeness (QED) is 0.577. The van der Waals surface area contributed by atoms with E-state index in [4.69, 9.17) is 0 Å². The molecule has 0 atom stereocenters. The summed E-state index contributed by atoms with van der Waals surface area (Å²) in [4.78, 5) is 4.56. The maximum atomic E-state index is 4.56. The molecule has 0 amide bonds. The molecule has 0 aliphatic rings. The third-order valence-electron chi connectivity index (χ3n) is 4.63. The molecule has 2 nitrogen and oxygen atoms in total. The topological polar surface area (TPSA) is 17.8 Å². The van der Waals surface area contributed by atoms with Crippen molar-refractivity contribution in [2.45, 2.75) is 39.5 Å². The number of imidazole rings is 1. The Kier molecular flexibility index (Phi) is 4.57. The fraction of sp³-hybridized carbons (Fsp3) is 0.318. The molecule has 2 heteroatoms. The van der Waals surface area contributed by atoms with E-state index in [1.54, 1.807) is 0 Å². The molecule has 0 aliphatic carbocycles. The Morgan fingerprint density at radius 1 is 0.708 bits per heavy atom. The second kappa shape index (κ2) is 6.64. The van der Waals surface area contributed by atoms with Crippen molar-refractivity contribution in [1.82, 2.24) is 9.55 Å². The molecule has 0 spiro atoms. The Morgan fingerprint density at radius 3 is 1.67 bits per heavy atom. The highest BCUT2D eigenvalue weighted by atomic mass is 15.1. The summed E-state index contributed by atoms with van der Waals surface area (Å²) in [6.45, 7) is 8.80. The summed E-state index contributed by atoms with van der Waals surface area (Å²) in [5, 5.41) is 0. The predicted octanol–water partition coefficient (Wildman–Crippen LogP) is 6.00. The summed E-state index contributed by atoms with van der Waals surface area (Å²) in [6.07, 6.45) is 1.97. The fourth-order valence-corrected chi connectivity index (χ4v) is 3.12. The highest BCUT2D eigenvalue weighted by molar-refractivity contribution is 5.69. The molecule has 0 radical (unpaired) electrons. The maximum absolute atomic E-state index is 4.56. The Hall–Kier alpha value is -2.35. The lowest BCUT2D eigenvalue weighted by Gasteiger charge is -2.10. The number of hydrogen-bond donors (Lipinski definition) is 0. The van der Waals surface area contributed by atoms with Crippen molar-refractivity contribution >= 4 is 0 Å². The van der Waals surface area contributed by atoms with Crippen LogP contribution in [0.2, 0.25) is 0 Å². The summed E-state index contributed by atoms with van der Waals surface area (Å²) in [6, 6.07) is 17.6. The molecule has 0 N–H and O–H groups in total. The van der Waals surface area contributed by atoms with Gasteiger partial charge in [0.1, 0.15) is 5.82 Å². The Balaban J connectivity index is 1.88. The molecule has 124 valence electrons. The molecule has 3 aromatic rings. The van der Waals surface area contributed by atoms with Crippen LogP contribution in [0.3, 0.4) is 0 Å². The molecule has 0 saturated heterocycles. The van der Waals surface area contributed by atoms with Gasteiger partial charge in [-0.1, -0.05) is 76.2 Å². The predicted molar refractivity (Wildman–Crippen MR) is 102 cm³/mol. The third-order valence-corrected chi connectivity index (χ3v) is 4.63. The normalized spacial score (nSPS) is 11.5. The van der Waals surface area contributed by atoms with Crippen LogP contribution in [0, 0.1) is 0 Å². The van der Waals surface area contributed by atoms with Gasteiger partial charge >= 0.3 is 0 Å². The van der Waals surface area contributed by atoms with Gasteiger partial charge in [-0.05, 0) is 28.2 Å². The molecular weight excluding hydrogens is 292 g/mol. The van der Waals surface area contributed by atoms with Crippen LogP contribution in [0.5, 0.6) is 0 Å². The lowest BCUT2D eigenvalue weighted by Crippen LogP contribution is -2.01. The van der Waals surface area contributed by atoms with E-state index in [9.17, 15) is 0 Å². The minimum Gasteiger partial charge on any atom is -0.331 e. The largest absolute Gasteiger partial charge is 0.331 e. The lowest BCUT2D eigenvalue weighted by molar-refractivity contribution is 0.714. The van der Waals surface area contributed by atoms with E-state index in [0.29, 0.717) is 11.8 Å². The van der Waals surface area contributed by atoms with Crippen molar-refractivity contribution in [3.8, 4) is 22.4 Å². The number of benzene rings is 2. The van der Waals surface area contributed by atoms with E-state index in [1.807, 2.05) is 6.20 Å². The molecule has 0 unspecified atom stereocenters. The first-order valence-electron chi connectivity index (χ1n) is 8.69. The first-order chi connectivity index (χ1) is 11.5. The number of rotatable bonds is 4. The van der Waals surface area contributed by atoms with E-state index in [1.165, 1.54) is 27.9 Å². The highest BCUT2D eigenvalue weighted by Crippen LogP contribution is 2.27. The van der Waals surface area contributed by atoms with Gasteiger partial charge in [-0.3, -0.25) is 0 Å². The van der Waals surface area contributed by atoms with Gasteiger partial charge in [0, 0.05) is 13.0 Å². The van der Waals surface area contributed by atoms with Crippen molar-refractivity contribution in [2.75, 3.05) is 0 Å². The summed E-state index contributed by atoms with van der Waals surface area (Å²) in [7, 11) is 2.09. The minimum atomic E-state index is 0.433. The average molecular weight is 318 g/mol. The molecule has 1 aromatic heterocycles. The molecule has 0 aliphatic heterocycles. The van der Waals surface area contributed by atoms with Crippen LogP contribution in [0.15, 0.2) is 54.7 Å². The Bertz CT molecular complexity index is 806. The van der Waals surface area contributed by atoms with Gasteiger partial charge in [-0.15, -0.1) is 0 Å². The minimum absolute atomic E-state index is 0.433. The first-order valence-corrected chi connectivity index (χ1v) is 8.69. The van der Waals surface area contributed by atoms with E-state index in [0.717, 1.165) is 5.82 Å². The second-order valence-corrected chi connectivity index (χ2v) is 7.07. The van der Waals surface area contributed by atoms with Crippen LogP contribution in [0.1, 0.15) is 50.9 Å². The van der Waals surface area contributed by atoms with E-state index < -0.39 is 0 Å². The van der Waals surface area contributed by atoms with Gasteiger partial charge in [0.15, 0.2) is 0 Å². The number of hydrogen-bond acceptors (Lipinski definition) is 1. The van der Waals surface area contributed by atoms with Crippen LogP contribution in [0.25, 0.3) is 22.4 Å². The fourth-order valence-electron chi connectivity index (χ4n) is 3.12. The average Bonchev–Trinajstić information content (AvgIpc) is 2.97. The molecule has 24 heavy (non-hydrogen) atoms. The highest BCUT2D eigenvalue weighted by Gasteiger charge is 2.11. The summed E-state index contributed by atoms with van der Waals surface area (Å²) >= 11 is 0. The van der Waals surface area contributed by atoms with E-state index >= 15 is 0 Å². The number of aromatic nitrogens is 2. The monoisotopic (exact) mass is 318 g/mol. The van der Waals surface area contributed by atoms with Gasteiger partial charge in [0.25, 0.3) is 0 Å². The van der Waals surface area contributed by atoms with Crippen LogP contribution < -0.4 is 0 Å². The summed E-state index contributed by atoms with van der Waals surface area (Å²) in [5.74, 6) is 2.13. The molecule has 0 fully saturated rings. The molecule has 0 bridgehead atoms. The van der Waals surface area contributed by atoms with Gasteiger partial charge < -0.3 is 4.57 Å². The van der Waals surface area contributed by atoms with E-state index in [-0.39, 0.29) is 0 Å². The van der Waals surface area contributed by atoms with Gasteiger partial charge in [-0.2, -0.15) is 0 Å². The Morgan fingerprint density at radius 2 is 1.21 bits per heavy atom. The van der Waals surface area contributed by atoms with E-state index in [2.05, 4.69) is 92.8 Å². The van der Waals surface area contributed by atoms with Crippen molar-refractivity contribution in [1.29, 1.82) is 0 Å². The summed E-state index contributed by atoms with van der Waals surface area (Å²) in [5.41, 5.74) is 6.27. The molecule has 3 rings (SSSR count). The van der Waals surface area contributed by atoms with Crippen molar-refractivity contribution in [2.24, 2.45) is 7.05 Å². The lowest BCUT2D eigenvalue weighted by atomic mass is 9.98. The van der Waals surface area contributed by atoms with Crippen LogP contribution in [0.4, 0.5) is 0 Å². The molecular formula is C22H26N2. The van der Waals surface area contributed by atoms with Crippen LogP contribution in [-0.4, -0.2) is 9.55 Å². The smallest absolute Gasteiger partial charge is 0.111 e. The summed E-state index contributed by atoms with van der Waals surface area (Å²) < 4.78 is 2.19. The van der Waals surface area contributed by atoms with Gasteiger partial charge in [0.05, 0.1) is 11.9 Å². The first kappa shape index (κ1) is 16.5. The Labute approximate surface area is 145 Å². The van der Waals surface area contributed by atoms with Crippen molar-refractivity contribution in [3.63, 3.8) is 0 Å². The van der Waals surface area contributed by atoms with Crippen LogP contribution in [-0.2, 0) is 7.05 Å². The van der Waals surface area contributed by atoms with Crippen molar-refractivity contribution in [3.05, 3.63) is 66.1 Å². The SMILES string of the molecule is CC(C)c1ccc(-c2ccc(-c3cnc(C(C)C)n3C)cc2)cc1. The van der Waals surface area contributed by atoms with Gasteiger partial charge in [-0.25, -0.2) is 4.98 Å². The zero-order chi connectivity index (χ0) is 17.3.